The number of aromatic nitrogens is 1. The van der Waals surface area contributed by atoms with Crippen molar-refractivity contribution in [2.75, 3.05) is 10.6 Å². The van der Waals surface area contributed by atoms with E-state index in [1.165, 1.54) is 13.1 Å². The molecule has 1 aromatic heterocycles. The first-order chi connectivity index (χ1) is 11.2. The lowest BCUT2D eigenvalue weighted by Gasteiger charge is -2.19. The minimum atomic E-state index is -0.555. The summed E-state index contributed by atoms with van der Waals surface area (Å²) in [7, 11) is 0. The van der Waals surface area contributed by atoms with E-state index in [0.29, 0.717) is 17.1 Å². The summed E-state index contributed by atoms with van der Waals surface area (Å²) in [5.74, 6) is 0.606. The van der Waals surface area contributed by atoms with Gasteiger partial charge in [0.05, 0.1) is 11.9 Å². The summed E-state index contributed by atoms with van der Waals surface area (Å²) in [6.07, 6.45) is 1.00. The Labute approximate surface area is 141 Å². The van der Waals surface area contributed by atoms with Crippen LogP contribution in [-0.4, -0.2) is 22.5 Å². The second-order valence-electron chi connectivity index (χ2n) is 6.32. The zero-order valence-corrected chi connectivity index (χ0v) is 14.2. The summed E-state index contributed by atoms with van der Waals surface area (Å²) >= 11 is 0. The Morgan fingerprint density at radius 3 is 2.42 bits per heavy atom. The number of nitrogens with one attached hydrogen (secondary N) is 2. The number of carbonyl (C=O) groups is 2. The molecule has 1 aromatic carbocycles. The fourth-order valence-corrected chi connectivity index (χ4v) is 1.93. The minimum absolute atomic E-state index is 0.00326. The maximum absolute atomic E-state index is 11.7. The Morgan fingerprint density at radius 2 is 1.83 bits per heavy atom. The van der Waals surface area contributed by atoms with Gasteiger partial charge in [0.25, 0.3) is 0 Å². The molecule has 0 atom stereocenters. The second-order valence-corrected chi connectivity index (χ2v) is 6.32. The molecule has 1 heterocycles. The summed E-state index contributed by atoms with van der Waals surface area (Å²) in [5, 5.41) is 5.73. The van der Waals surface area contributed by atoms with Crippen LogP contribution in [0.3, 0.4) is 0 Å². The molecule has 0 saturated heterocycles. The topological polar surface area (TPSA) is 80.3 Å². The molecule has 0 saturated carbocycles. The summed E-state index contributed by atoms with van der Waals surface area (Å²) < 4.78 is 5.18. The smallest absolute Gasteiger partial charge is 0.412 e. The number of amides is 1. The van der Waals surface area contributed by atoms with Gasteiger partial charge in [-0.15, -0.1) is 0 Å². The number of ketones is 1. The number of hydrogen-bond donors (Lipinski definition) is 2. The molecule has 0 bridgehead atoms. The fraction of sp³-hybridized carbons (Fsp3) is 0.278. The van der Waals surface area contributed by atoms with E-state index in [9.17, 15) is 9.59 Å². The van der Waals surface area contributed by atoms with E-state index in [-0.39, 0.29) is 5.78 Å². The van der Waals surface area contributed by atoms with Gasteiger partial charge in [-0.2, -0.15) is 0 Å². The number of ether oxygens (including phenoxy) is 1. The molecule has 24 heavy (non-hydrogen) atoms. The van der Waals surface area contributed by atoms with Gasteiger partial charge in [0, 0.05) is 11.3 Å². The Kier molecular flexibility index (Phi) is 5.18. The molecular formula is C18H21N3O3. The predicted molar refractivity (Wildman–Crippen MR) is 93.8 cm³/mol. The Bertz CT molecular complexity index is 734. The number of nitrogens with zero attached hydrogens (tertiary/aromatic N) is 1. The maximum atomic E-state index is 11.7. The highest BCUT2D eigenvalue weighted by atomic mass is 16.6. The Morgan fingerprint density at radius 1 is 1.08 bits per heavy atom. The third-order valence-corrected chi connectivity index (χ3v) is 2.95. The number of pyridine rings is 1. The number of anilines is 3. The van der Waals surface area contributed by atoms with E-state index in [1.54, 1.807) is 51.1 Å². The van der Waals surface area contributed by atoms with Crippen molar-refractivity contribution in [1.29, 1.82) is 0 Å². The van der Waals surface area contributed by atoms with Crippen LogP contribution in [-0.2, 0) is 4.74 Å². The SMILES string of the molecule is CC(=O)c1cccc(Nc2ccc(NC(=O)OC(C)(C)C)cn2)c1. The molecule has 1 amide bonds. The van der Waals surface area contributed by atoms with Crippen molar-refractivity contribution in [3.63, 3.8) is 0 Å². The minimum Gasteiger partial charge on any atom is -0.444 e. The zero-order chi connectivity index (χ0) is 17.7. The summed E-state index contributed by atoms with van der Waals surface area (Å²) in [6, 6.07) is 10.6. The number of carbonyl (C=O) groups excluding carboxylic acids is 2. The molecule has 0 unspecified atom stereocenters. The van der Waals surface area contributed by atoms with Crippen molar-refractivity contribution in [3.05, 3.63) is 48.2 Å². The first-order valence-electron chi connectivity index (χ1n) is 7.57. The monoisotopic (exact) mass is 327 g/mol. The number of Topliss-reactive ketones (excluding diaryl/α,β-unsaturated/α-hetero) is 1. The van der Waals surface area contributed by atoms with Crippen LogP contribution in [0.15, 0.2) is 42.6 Å². The van der Waals surface area contributed by atoms with Gasteiger partial charge in [-0.25, -0.2) is 9.78 Å². The highest BCUT2D eigenvalue weighted by Gasteiger charge is 2.16. The first-order valence-corrected chi connectivity index (χ1v) is 7.57. The molecular weight excluding hydrogens is 306 g/mol. The van der Waals surface area contributed by atoms with Crippen molar-refractivity contribution in [2.45, 2.75) is 33.3 Å². The van der Waals surface area contributed by atoms with Gasteiger partial charge in [0.1, 0.15) is 11.4 Å². The lowest BCUT2D eigenvalue weighted by Crippen LogP contribution is -2.27. The molecule has 0 aliphatic rings. The highest BCUT2D eigenvalue weighted by molar-refractivity contribution is 5.95. The molecule has 126 valence electrons. The van der Waals surface area contributed by atoms with Crippen LogP contribution in [0.5, 0.6) is 0 Å². The molecule has 6 heteroatoms. The summed E-state index contributed by atoms with van der Waals surface area (Å²) in [4.78, 5) is 27.3. The van der Waals surface area contributed by atoms with Crippen molar-refractivity contribution < 1.29 is 14.3 Å². The van der Waals surface area contributed by atoms with Gasteiger partial charge in [0.2, 0.25) is 0 Å². The maximum Gasteiger partial charge on any atom is 0.412 e. The average molecular weight is 327 g/mol. The zero-order valence-electron chi connectivity index (χ0n) is 14.2. The van der Waals surface area contributed by atoms with Crippen LogP contribution < -0.4 is 10.6 Å². The predicted octanol–water partition coefficient (Wildman–Crippen LogP) is 4.37. The van der Waals surface area contributed by atoms with E-state index >= 15 is 0 Å². The third kappa shape index (κ3) is 5.39. The summed E-state index contributed by atoms with van der Waals surface area (Å²) in [6.45, 7) is 6.92. The van der Waals surface area contributed by atoms with Gasteiger partial charge in [-0.3, -0.25) is 10.1 Å². The van der Waals surface area contributed by atoms with Gasteiger partial charge >= 0.3 is 6.09 Å². The first kappa shape index (κ1) is 17.5. The lowest BCUT2D eigenvalue weighted by molar-refractivity contribution is 0.0635. The van der Waals surface area contributed by atoms with E-state index in [0.717, 1.165) is 5.69 Å². The van der Waals surface area contributed by atoms with Crippen LogP contribution in [0.2, 0.25) is 0 Å². The molecule has 2 rings (SSSR count). The molecule has 2 N–H and O–H groups in total. The van der Waals surface area contributed by atoms with E-state index in [1.807, 2.05) is 6.07 Å². The molecule has 2 aromatic rings. The Hall–Kier alpha value is -2.89. The number of benzene rings is 1. The van der Waals surface area contributed by atoms with Gasteiger partial charge in [-0.1, -0.05) is 12.1 Å². The van der Waals surface area contributed by atoms with Crippen LogP contribution in [0, 0.1) is 0 Å². The van der Waals surface area contributed by atoms with Crippen LogP contribution in [0.1, 0.15) is 38.1 Å². The van der Waals surface area contributed by atoms with Crippen LogP contribution in [0.25, 0.3) is 0 Å². The fourth-order valence-electron chi connectivity index (χ4n) is 1.93. The van der Waals surface area contributed by atoms with Gasteiger partial charge < -0.3 is 10.1 Å². The third-order valence-electron chi connectivity index (χ3n) is 2.95. The molecule has 0 aliphatic heterocycles. The van der Waals surface area contributed by atoms with Crippen LogP contribution >= 0.6 is 0 Å². The highest BCUT2D eigenvalue weighted by Crippen LogP contribution is 2.18. The Balaban J connectivity index is 2.01. The van der Waals surface area contributed by atoms with E-state index in [2.05, 4.69) is 15.6 Å². The van der Waals surface area contributed by atoms with Crippen LogP contribution in [0.4, 0.5) is 22.0 Å². The van der Waals surface area contributed by atoms with E-state index < -0.39 is 11.7 Å². The van der Waals surface area contributed by atoms with Gasteiger partial charge in [-0.05, 0) is 52.0 Å². The normalized spacial score (nSPS) is 10.8. The second kappa shape index (κ2) is 7.12. The van der Waals surface area contributed by atoms with E-state index in [4.69, 9.17) is 4.74 Å². The number of rotatable bonds is 4. The summed E-state index contributed by atoms with van der Waals surface area (Å²) in [5.41, 5.74) is 1.37. The molecule has 6 nitrogen and oxygen atoms in total. The van der Waals surface area contributed by atoms with Crippen molar-refractivity contribution in [2.24, 2.45) is 0 Å². The number of hydrogen-bond acceptors (Lipinski definition) is 5. The van der Waals surface area contributed by atoms with Gasteiger partial charge in [0.15, 0.2) is 5.78 Å². The lowest BCUT2D eigenvalue weighted by atomic mass is 10.1. The van der Waals surface area contributed by atoms with Crippen molar-refractivity contribution in [1.82, 2.24) is 4.98 Å². The standard InChI is InChI=1S/C18H21N3O3/c1-12(22)13-6-5-7-14(10-13)20-16-9-8-15(11-19-16)21-17(23)24-18(2,3)4/h5-11H,1-4H3,(H,19,20)(H,21,23). The molecule has 0 fully saturated rings. The van der Waals surface area contributed by atoms with Crippen molar-refractivity contribution >= 4 is 29.1 Å². The quantitative estimate of drug-likeness (QED) is 0.815. The average Bonchev–Trinajstić information content (AvgIpc) is 2.47. The molecule has 0 spiro atoms. The largest absolute Gasteiger partial charge is 0.444 e. The molecule has 0 radical (unpaired) electrons. The van der Waals surface area contributed by atoms with Crippen molar-refractivity contribution in [3.8, 4) is 0 Å². The molecule has 0 aliphatic carbocycles.